The van der Waals surface area contributed by atoms with Crippen LogP contribution in [0.3, 0.4) is 0 Å². The Kier molecular flexibility index (Phi) is 5.99. The fraction of sp³-hybridized carbons (Fsp3) is 0.250. The third-order valence-electron chi connectivity index (χ3n) is 6.41. The second-order valence-corrected chi connectivity index (χ2v) is 8.78. The minimum absolute atomic E-state index is 0.125. The lowest BCUT2D eigenvalue weighted by molar-refractivity contribution is 0.101. The molecule has 0 aliphatic carbocycles. The highest BCUT2D eigenvalue weighted by molar-refractivity contribution is 6.15. The Morgan fingerprint density at radius 2 is 1.52 bits per heavy atom. The van der Waals surface area contributed by atoms with E-state index in [4.69, 9.17) is 4.74 Å². The van der Waals surface area contributed by atoms with Gasteiger partial charge in [0, 0.05) is 39.3 Å². The van der Waals surface area contributed by atoms with Gasteiger partial charge in [-0.05, 0) is 35.8 Å². The van der Waals surface area contributed by atoms with E-state index in [1.165, 1.54) is 5.56 Å². The first-order chi connectivity index (χ1) is 16.1. The van der Waals surface area contributed by atoms with Crippen LogP contribution in [0.15, 0.2) is 72.5 Å². The van der Waals surface area contributed by atoms with Crippen LogP contribution in [0.1, 0.15) is 32.6 Å². The number of aromatic hydroxyl groups is 1. The fourth-order valence-electron chi connectivity index (χ4n) is 4.60. The van der Waals surface area contributed by atoms with E-state index in [1.807, 2.05) is 43.3 Å². The average Bonchev–Trinajstić information content (AvgIpc) is 3.15. The van der Waals surface area contributed by atoms with E-state index in [-0.39, 0.29) is 11.5 Å². The van der Waals surface area contributed by atoms with Gasteiger partial charge in [-0.25, -0.2) is 0 Å². The molecule has 0 amide bonds. The van der Waals surface area contributed by atoms with Gasteiger partial charge < -0.3 is 9.84 Å². The molecular weight excluding hydrogens is 412 g/mol. The van der Waals surface area contributed by atoms with Gasteiger partial charge in [0.05, 0.1) is 11.1 Å². The maximum Gasteiger partial charge on any atom is 0.232 e. The number of piperazine rings is 1. The van der Waals surface area contributed by atoms with Crippen molar-refractivity contribution in [3.8, 4) is 11.5 Å². The number of ether oxygens (including phenoxy) is 1. The van der Waals surface area contributed by atoms with E-state index in [0.717, 1.165) is 43.9 Å². The molecule has 2 heterocycles. The molecule has 0 saturated carbocycles. The predicted octanol–water partition coefficient (Wildman–Crippen LogP) is 4.63. The van der Waals surface area contributed by atoms with E-state index in [1.54, 1.807) is 12.1 Å². The molecule has 168 valence electrons. The second-order valence-electron chi connectivity index (χ2n) is 8.78. The van der Waals surface area contributed by atoms with Crippen LogP contribution >= 0.6 is 0 Å². The van der Waals surface area contributed by atoms with E-state index in [2.05, 4.69) is 34.1 Å². The van der Waals surface area contributed by atoms with E-state index in [0.29, 0.717) is 29.2 Å². The minimum Gasteiger partial charge on any atom is -0.507 e. The van der Waals surface area contributed by atoms with Gasteiger partial charge in [-0.1, -0.05) is 60.7 Å². The predicted molar refractivity (Wildman–Crippen MR) is 129 cm³/mol. The van der Waals surface area contributed by atoms with Crippen LogP contribution in [-0.2, 0) is 13.1 Å². The third-order valence-corrected chi connectivity index (χ3v) is 6.41. The largest absolute Gasteiger partial charge is 0.507 e. The van der Waals surface area contributed by atoms with Gasteiger partial charge in [-0.2, -0.15) is 0 Å². The molecule has 3 aromatic rings. The molecule has 2 aliphatic heterocycles. The van der Waals surface area contributed by atoms with Crippen LogP contribution < -0.4 is 4.74 Å². The molecule has 5 heteroatoms. The number of rotatable bonds is 5. The smallest absolute Gasteiger partial charge is 0.232 e. The molecule has 2 aliphatic rings. The lowest BCUT2D eigenvalue weighted by Crippen LogP contribution is -2.45. The van der Waals surface area contributed by atoms with Crippen molar-refractivity contribution < 1.29 is 14.6 Å². The van der Waals surface area contributed by atoms with Crippen molar-refractivity contribution in [1.82, 2.24) is 9.80 Å². The lowest BCUT2D eigenvalue weighted by Gasteiger charge is -2.35. The van der Waals surface area contributed by atoms with Crippen molar-refractivity contribution in [2.24, 2.45) is 0 Å². The number of phenols is 1. The van der Waals surface area contributed by atoms with Crippen molar-refractivity contribution in [2.45, 2.75) is 20.0 Å². The van der Waals surface area contributed by atoms with E-state index < -0.39 is 0 Å². The SMILES string of the molecule is Cc1cc(O)c(CN2CCN(Cc3ccccc3)CC2)c2c1C(=O)/C(=C/c1ccccc1)O2. The Balaban J connectivity index is 1.32. The third kappa shape index (κ3) is 4.56. The molecule has 0 bridgehead atoms. The summed E-state index contributed by atoms with van der Waals surface area (Å²) in [5.74, 6) is 0.872. The highest BCUT2D eigenvalue weighted by atomic mass is 16.5. The number of benzene rings is 3. The van der Waals surface area contributed by atoms with Crippen LogP contribution in [0.2, 0.25) is 0 Å². The molecule has 0 atom stereocenters. The van der Waals surface area contributed by atoms with E-state index >= 15 is 0 Å². The van der Waals surface area contributed by atoms with Crippen molar-refractivity contribution in [3.05, 3.63) is 100 Å². The van der Waals surface area contributed by atoms with Gasteiger partial charge in [0.15, 0.2) is 5.76 Å². The van der Waals surface area contributed by atoms with Crippen LogP contribution in [0.5, 0.6) is 11.5 Å². The summed E-state index contributed by atoms with van der Waals surface area (Å²) < 4.78 is 6.07. The first kappa shape index (κ1) is 21.4. The summed E-state index contributed by atoms with van der Waals surface area (Å²) in [6.45, 7) is 7.07. The molecule has 33 heavy (non-hydrogen) atoms. The molecule has 1 N–H and O–H groups in total. The number of Topliss-reactive ketones (excluding diaryl/α,β-unsaturated/α-hetero) is 1. The Hall–Kier alpha value is -3.41. The molecule has 1 saturated heterocycles. The number of nitrogens with zero attached hydrogens (tertiary/aromatic N) is 2. The number of hydrogen-bond donors (Lipinski definition) is 1. The molecule has 3 aromatic carbocycles. The van der Waals surface area contributed by atoms with Gasteiger partial charge in [0.2, 0.25) is 5.78 Å². The number of fused-ring (bicyclic) bond motifs is 1. The Bertz CT molecular complexity index is 1180. The molecule has 5 rings (SSSR count). The topological polar surface area (TPSA) is 53.0 Å². The van der Waals surface area contributed by atoms with Crippen molar-refractivity contribution in [3.63, 3.8) is 0 Å². The molecule has 1 fully saturated rings. The summed E-state index contributed by atoms with van der Waals surface area (Å²) in [6.07, 6.45) is 1.77. The highest BCUT2D eigenvalue weighted by Crippen LogP contribution is 2.42. The zero-order valence-corrected chi connectivity index (χ0v) is 18.8. The number of hydrogen-bond acceptors (Lipinski definition) is 5. The normalized spacial score (nSPS) is 17.8. The Morgan fingerprint density at radius 3 is 2.18 bits per heavy atom. The number of allylic oxidation sites excluding steroid dienone is 1. The number of aryl methyl sites for hydroxylation is 1. The zero-order valence-electron chi connectivity index (χ0n) is 18.8. The quantitative estimate of drug-likeness (QED) is 0.586. The van der Waals surface area contributed by atoms with Gasteiger partial charge in [0.25, 0.3) is 0 Å². The van der Waals surface area contributed by atoms with Gasteiger partial charge in [0.1, 0.15) is 11.5 Å². The molecule has 0 radical (unpaired) electrons. The summed E-state index contributed by atoms with van der Waals surface area (Å²) >= 11 is 0. The number of carbonyl (C=O) groups is 1. The average molecular weight is 441 g/mol. The maximum absolute atomic E-state index is 13.1. The van der Waals surface area contributed by atoms with Gasteiger partial charge in [-0.15, -0.1) is 0 Å². The second kappa shape index (κ2) is 9.22. The van der Waals surface area contributed by atoms with E-state index in [9.17, 15) is 9.90 Å². The first-order valence-electron chi connectivity index (χ1n) is 11.4. The number of phenolic OH excluding ortho intramolecular Hbond substituents is 1. The minimum atomic E-state index is -0.125. The van der Waals surface area contributed by atoms with Crippen molar-refractivity contribution >= 4 is 11.9 Å². The summed E-state index contributed by atoms with van der Waals surface area (Å²) in [6, 6.07) is 21.9. The molecule has 5 nitrogen and oxygen atoms in total. The standard InChI is InChI=1S/C28H28N2O3/c1-20-16-24(31)23(19-30-14-12-29(13-15-30)18-22-10-6-3-7-11-22)28-26(20)27(32)25(33-28)17-21-8-4-2-5-9-21/h2-11,16-17,31H,12-15,18-19H2,1H3/b25-17-. The van der Waals surface area contributed by atoms with Crippen molar-refractivity contribution in [2.75, 3.05) is 26.2 Å². The molecule has 0 spiro atoms. The molecular formula is C28H28N2O3. The Morgan fingerprint density at radius 1 is 0.909 bits per heavy atom. The summed E-state index contributed by atoms with van der Waals surface area (Å²) in [5, 5.41) is 10.7. The highest BCUT2D eigenvalue weighted by Gasteiger charge is 2.34. The van der Waals surface area contributed by atoms with Crippen molar-refractivity contribution in [1.29, 1.82) is 0 Å². The Labute approximate surface area is 194 Å². The molecule has 0 unspecified atom stereocenters. The van der Waals surface area contributed by atoms with Gasteiger partial charge >= 0.3 is 0 Å². The van der Waals surface area contributed by atoms with Crippen LogP contribution in [0.4, 0.5) is 0 Å². The molecule has 0 aromatic heterocycles. The monoisotopic (exact) mass is 440 g/mol. The summed E-state index contributed by atoms with van der Waals surface area (Å²) in [7, 11) is 0. The van der Waals surface area contributed by atoms with Crippen LogP contribution in [-0.4, -0.2) is 46.9 Å². The van der Waals surface area contributed by atoms with Gasteiger partial charge in [-0.3, -0.25) is 14.6 Å². The number of carbonyl (C=O) groups excluding carboxylic acids is 1. The lowest BCUT2D eigenvalue weighted by atomic mass is 9.99. The van der Waals surface area contributed by atoms with Crippen LogP contribution in [0.25, 0.3) is 6.08 Å². The zero-order chi connectivity index (χ0) is 22.8. The number of ketones is 1. The maximum atomic E-state index is 13.1. The van der Waals surface area contributed by atoms with Crippen LogP contribution in [0, 0.1) is 6.92 Å². The first-order valence-corrected chi connectivity index (χ1v) is 11.4. The summed E-state index contributed by atoms with van der Waals surface area (Å²) in [4.78, 5) is 17.9. The fourth-order valence-corrected chi connectivity index (χ4v) is 4.60. The summed E-state index contributed by atoms with van der Waals surface area (Å²) in [5.41, 5.74) is 4.22.